The summed E-state index contributed by atoms with van der Waals surface area (Å²) in [6, 6.07) is 7.34. The number of nitrogens with zero attached hydrogens (tertiary/aromatic N) is 3. The van der Waals surface area contributed by atoms with Crippen LogP contribution in [0.1, 0.15) is 37.7 Å². The maximum absolute atomic E-state index is 12.6. The first-order chi connectivity index (χ1) is 11.0. The van der Waals surface area contributed by atoms with Gasteiger partial charge in [0.1, 0.15) is 5.54 Å². The van der Waals surface area contributed by atoms with E-state index in [9.17, 15) is 9.59 Å². The zero-order valence-corrected chi connectivity index (χ0v) is 13.6. The summed E-state index contributed by atoms with van der Waals surface area (Å²) in [4.78, 5) is 26.7. The van der Waals surface area contributed by atoms with Crippen LogP contribution in [0, 0.1) is 0 Å². The molecule has 122 valence electrons. The van der Waals surface area contributed by atoms with Crippen molar-refractivity contribution in [1.29, 1.82) is 0 Å². The summed E-state index contributed by atoms with van der Waals surface area (Å²) in [6.07, 6.45) is 6.03. The molecule has 6 nitrogen and oxygen atoms in total. The van der Waals surface area contributed by atoms with Crippen molar-refractivity contribution in [3.05, 3.63) is 29.8 Å². The van der Waals surface area contributed by atoms with E-state index >= 15 is 0 Å². The lowest BCUT2D eigenvalue weighted by Gasteiger charge is -2.29. The van der Waals surface area contributed by atoms with Crippen molar-refractivity contribution in [3.8, 4) is 0 Å². The Bertz CT molecular complexity index is 630. The molecule has 1 aromatic rings. The summed E-state index contributed by atoms with van der Waals surface area (Å²) in [5, 5.41) is 7.94. The first-order valence-corrected chi connectivity index (χ1v) is 8.00. The third-order valence-corrected chi connectivity index (χ3v) is 4.58. The van der Waals surface area contributed by atoms with E-state index in [0.717, 1.165) is 35.5 Å². The molecular formula is C17H22N4O2. The van der Waals surface area contributed by atoms with Crippen molar-refractivity contribution >= 4 is 23.8 Å². The molecule has 1 spiro atoms. The van der Waals surface area contributed by atoms with Gasteiger partial charge in [-0.25, -0.2) is 4.79 Å². The number of benzene rings is 1. The van der Waals surface area contributed by atoms with Gasteiger partial charge in [0.2, 0.25) is 0 Å². The van der Waals surface area contributed by atoms with Gasteiger partial charge in [-0.2, -0.15) is 5.10 Å². The lowest BCUT2D eigenvalue weighted by atomic mass is 9.82. The van der Waals surface area contributed by atoms with Crippen molar-refractivity contribution in [3.63, 3.8) is 0 Å². The molecule has 1 aliphatic carbocycles. The Morgan fingerprint density at radius 1 is 1.13 bits per heavy atom. The molecule has 2 fully saturated rings. The average Bonchev–Trinajstić information content (AvgIpc) is 2.77. The van der Waals surface area contributed by atoms with Crippen LogP contribution < -0.4 is 10.2 Å². The van der Waals surface area contributed by atoms with Gasteiger partial charge in [0.15, 0.2) is 0 Å². The lowest BCUT2D eigenvalue weighted by molar-refractivity contribution is -0.132. The highest BCUT2D eigenvalue weighted by Gasteiger charge is 2.51. The Hall–Kier alpha value is -2.37. The van der Waals surface area contributed by atoms with Gasteiger partial charge >= 0.3 is 6.03 Å². The van der Waals surface area contributed by atoms with Crippen LogP contribution in [0.15, 0.2) is 29.4 Å². The lowest BCUT2D eigenvalue weighted by Crippen LogP contribution is -2.48. The molecule has 0 aromatic heterocycles. The third-order valence-electron chi connectivity index (χ3n) is 4.58. The summed E-state index contributed by atoms with van der Waals surface area (Å²) >= 11 is 0. The SMILES string of the molecule is CN(C)c1ccc(/C=N\N2C(=O)NC3(CCCCC3)C2=O)cc1. The summed E-state index contributed by atoms with van der Waals surface area (Å²) < 4.78 is 0. The van der Waals surface area contributed by atoms with E-state index in [0.29, 0.717) is 12.8 Å². The van der Waals surface area contributed by atoms with Gasteiger partial charge in [-0.1, -0.05) is 31.4 Å². The maximum atomic E-state index is 12.6. The van der Waals surface area contributed by atoms with Gasteiger partial charge in [0.05, 0.1) is 6.21 Å². The van der Waals surface area contributed by atoms with Gasteiger partial charge in [-0.3, -0.25) is 4.79 Å². The number of carbonyl (C=O) groups excluding carboxylic acids is 2. The van der Waals surface area contributed by atoms with Crippen LogP contribution in [-0.4, -0.2) is 42.8 Å². The molecule has 3 amide bonds. The molecule has 0 unspecified atom stereocenters. The molecule has 2 aliphatic rings. The fourth-order valence-electron chi connectivity index (χ4n) is 3.19. The second-order valence-electron chi connectivity index (χ2n) is 6.42. The first kappa shape index (κ1) is 15.5. The Morgan fingerprint density at radius 3 is 2.39 bits per heavy atom. The Kier molecular flexibility index (Phi) is 4.07. The minimum absolute atomic E-state index is 0.219. The van der Waals surface area contributed by atoms with Crippen molar-refractivity contribution in [2.75, 3.05) is 19.0 Å². The van der Waals surface area contributed by atoms with Crippen LogP contribution >= 0.6 is 0 Å². The van der Waals surface area contributed by atoms with Crippen LogP contribution in [0.5, 0.6) is 0 Å². The van der Waals surface area contributed by atoms with Gasteiger partial charge in [-0.05, 0) is 30.5 Å². The third kappa shape index (κ3) is 2.93. The van der Waals surface area contributed by atoms with Crippen LogP contribution in [0.3, 0.4) is 0 Å². The Balaban J connectivity index is 1.74. The second kappa shape index (κ2) is 6.02. The standard InChI is InChI=1S/C17H22N4O2/c1-20(2)14-8-6-13(7-9-14)12-18-21-15(22)17(19-16(21)23)10-4-3-5-11-17/h6-9,12H,3-5,10-11H2,1-2H3,(H,19,23)/b18-12-. The maximum Gasteiger partial charge on any atom is 0.346 e. The Labute approximate surface area is 136 Å². The molecule has 1 heterocycles. The van der Waals surface area contributed by atoms with Crippen LogP contribution in [0.2, 0.25) is 0 Å². The number of nitrogens with one attached hydrogen (secondary N) is 1. The van der Waals surface area contributed by atoms with E-state index < -0.39 is 11.6 Å². The zero-order valence-electron chi connectivity index (χ0n) is 13.6. The molecule has 0 atom stereocenters. The molecular weight excluding hydrogens is 292 g/mol. The van der Waals surface area contributed by atoms with Gasteiger partial charge in [0, 0.05) is 19.8 Å². The predicted molar refractivity (Wildman–Crippen MR) is 89.6 cm³/mol. The molecule has 0 radical (unpaired) electrons. The predicted octanol–water partition coefficient (Wildman–Crippen LogP) is 2.34. The number of anilines is 1. The highest BCUT2D eigenvalue weighted by Crippen LogP contribution is 2.33. The highest BCUT2D eigenvalue weighted by molar-refractivity contribution is 6.07. The number of amides is 3. The molecule has 6 heteroatoms. The molecule has 23 heavy (non-hydrogen) atoms. The largest absolute Gasteiger partial charge is 0.378 e. The van der Waals surface area contributed by atoms with E-state index in [1.165, 1.54) is 0 Å². The number of hydrazone groups is 1. The summed E-state index contributed by atoms with van der Waals surface area (Å²) in [5.74, 6) is -0.219. The van der Waals surface area contributed by atoms with Crippen molar-refractivity contribution in [2.24, 2.45) is 5.10 Å². The molecule has 1 N–H and O–H groups in total. The molecule has 1 aromatic carbocycles. The molecule has 3 rings (SSSR count). The number of urea groups is 1. The second-order valence-corrected chi connectivity index (χ2v) is 6.42. The van der Waals surface area contributed by atoms with E-state index in [4.69, 9.17) is 0 Å². The number of rotatable bonds is 3. The van der Waals surface area contributed by atoms with Gasteiger partial charge in [-0.15, -0.1) is 5.01 Å². The minimum atomic E-state index is -0.721. The fraction of sp³-hybridized carbons (Fsp3) is 0.471. The number of carbonyl (C=O) groups is 2. The van der Waals surface area contributed by atoms with E-state index in [1.54, 1.807) is 6.21 Å². The summed E-state index contributed by atoms with van der Waals surface area (Å²) in [7, 11) is 3.94. The molecule has 0 bridgehead atoms. The fourth-order valence-corrected chi connectivity index (χ4v) is 3.19. The van der Waals surface area contributed by atoms with Gasteiger partial charge in [0.25, 0.3) is 5.91 Å². The Morgan fingerprint density at radius 2 is 1.78 bits per heavy atom. The van der Waals surface area contributed by atoms with E-state index in [2.05, 4.69) is 10.4 Å². The summed E-state index contributed by atoms with van der Waals surface area (Å²) in [6.45, 7) is 0. The highest BCUT2D eigenvalue weighted by atomic mass is 16.2. The number of imide groups is 1. The molecule has 1 aliphatic heterocycles. The topological polar surface area (TPSA) is 65.0 Å². The smallest absolute Gasteiger partial charge is 0.346 e. The van der Waals surface area contributed by atoms with E-state index in [1.807, 2.05) is 43.3 Å². The van der Waals surface area contributed by atoms with Crippen molar-refractivity contribution in [1.82, 2.24) is 10.3 Å². The summed E-state index contributed by atoms with van der Waals surface area (Å²) in [5.41, 5.74) is 1.21. The van der Waals surface area contributed by atoms with Crippen LogP contribution in [-0.2, 0) is 4.79 Å². The molecule has 1 saturated carbocycles. The normalized spacial score (nSPS) is 20.3. The monoisotopic (exact) mass is 314 g/mol. The number of hydrogen-bond acceptors (Lipinski definition) is 4. The zero-order chi connectivity index (χ0) is 16.4. The van der Waals surface area contributed by atoms with Crippen molar-refractivity contribution < 1.29 is 9.59 Å². The van der Waals surface area contributed by atoms with E-state index in [-0.39, 0.29) is 5.91 Å². The first-order valence-electron chi connectivity index (χ1n) is 8.00. The quantitative estimate of drug-likeness (QED) is 0.688. The number of hydrogen-bond donors (Lipinski definition) is 1. The average molecular weight is 314 g/mol. The van der Waals surface area contributed by atoms with Gasteiger partial charge < -0.3 is 10.2 Å². The molecule has 1 saturated heterocycles. The van der Waals surface area contributed by atoms with Crippen molar-refractivity contribution in [2.45, 2.75) is 37.6 Å². The minimum Gasteiger partial charge on any atom is -0.378 e. The van der Waals surface area contributed by atoms with Crippen LogP contribution in [0.25, 0.3) is 0 Å². The van der Waals surface area contributed by atoms with Crippen LogP contribution in [0.4, 0.5) is 10.5 Å².